The van der Waals surface area contributed by atoms with Crippen molar-refractivity contribution in [3.8, 4) is 0 Å². The Morgan fingerprint density at radius 2 is 1.88 bits per heavy atom. The van der Waals surface area contributed by atoms with E-state index in [1.54, 1.807) is 23.1 Å². The van der Waals surface area contributed by atoms with Crippen LogP contribution in [0, 0.1) is 5.92 Å². The fourth-order valence-electron chi connectivity index (χ4n) is 4.75. The molecule has 32 heavy (non-hydrogen) atoms. The topological polar surface area (TPSA) is 56.0 Å². The van der Waals surface area contributed by atoms with E-state index in [4.69, 9.17) is 9.97 Å². The molecule has 0 atom stereocenters. The first-order chi connectivity index (χ1) is 15.7. The molecule has 0 unspecified atom stereocenters. The van der Waals surface area contributed by atoms with Crippen molar-refractivity contribution in [3.05, 3.63) is 59.0 Å². The molecule has 0 saturated carbocycles. The van der Waals surface area contributed by atoms with Crippen LogP contribution in [0.15, 0.2) is 41.8 Å². The summed E-state index contributed by atoms with van der Waals surface area (Å²) in [5, 5.41) is 11.2. The third-order valence-corrected chi connectivity index (χ3v) is 8.28. The minimum atomic E-state index is 0.603. The van der Waals surface area contributed by atoms with Crippen LogP contribution in [0.3, 0.4) is 0 Å². The van der Waals surface area contributed by atoms with E-state index < -0.39 is 0 Å². The van der Waals surface area contributed by atoms with Crippen molar-refractivity contribution in [2.75, 3.05) is 0 Å². The Morgan fingerprint density at radius 3 is 2.69 bits per heavy atom. The molecule has 1 aliphatic rings. The molecule has 6 rings (SSSR count). The van der Waals surface area contributed by atoms with E-state index in [1.807, 2.05) is 16.8 Å². The Balaban J connectivity index is 1.48. The Bertz CT molecular complexity index is 1440. The molecule has 7 heteroatoms. The molecular weight excluding hydrogens is 434 g/mol. The molecule has 5 aromatic rings. The molecule has 0 radical (unpaired) electrons. The van der Waals surface area contributed by atoms with Gasteiger partial charge < -0.3 is 0 Å². The lowest BCUT2D eigenvalue weighted by atomic mass is 9.87. The second-order valence-electron chi connectivity index (χ2n) is 8.98. The van der Waals surface area contributed by atoms with Gasteiger partial charge in [0.2, 0.25) is 0 Å². The quantitative estimate of drug-likeness (QED) is 0.291. The number of fused-ring (bicyclic) bond motifs is 7. The molecule has 0 spiro atoms. The van der Waals surface area contributed by atoms with Crippen molar-refractivity contribution >= 4 is 49.2 Å². The van der Waals surface area contributed by atoms with E-state index in [-0.39, 0.29) is 0 Å². The molecule has 4 aromatic heterocycles. The maximum Gasteiger partial charge on any atom is 0.197 e. The number of thioether (sulfide) groups is 1. The first-order valence-electron chi connectivity index (χ1n) is 11.3. The molecule has 0 amide bonds. The van der Waals surface area contributed by atoms with Crippen LogP contribution in [0.2, 0.25) is 0 Å². The second kappa shape index (κ2) is 8.12. The summed E-state index contributed by atoms with van der Waals surface area (Å²) < 4.78 is 3.14. The van der Waals surface area contributed by atoms with E-state index >= 15 is 0 Å². The summed E-state index contributed by atoms with van der Waals surface area (Å²) in [5.41, 5.74) is 7.48. The lowest BCUT2D eigenvalue weighted by molar-refractivity contribution is 0.615. The fourth-order valence-corrected chi connectivity index (χ4v) is 6.77. The first kappa shape index (κ1) is 20.1. The van der Waals surface area contributed by atoms with E-state index in [9.17, 15) is 0 Å². The van der Waals surface area contributed by atoms with E-state index in [0.29, 0.717) is 5.92 Å². The summed E-state index contributed by atoms with van der Waals surface area (Å²) in [5.74, 6) is 1.46. The lowest BCUT2D eigenvalue weighted by Gasteiger charge is -2.20. The summed E-state index contributed by atoms with van der Waals surface area (Å²) in [7, 11) is 0. The van der Waals surface area contributed by atoms with Crippen molar-refractivity contribution < 1.29 is 0 Å². The van der Waals surface area contributed by atoms with E-state index in [2.05, 4.69) is 48.3 Å². The zero-order valence-electron chi connectivity index (χ0n) is 18.3. The zero-order chi connectivity index (χ0) is 21.7. The van der Waals surface area contributed by atoms with Crippen molar-refractivity contribution in [1.82, 2.24) is 24.6 Å². The largest absolute Gasteiger partial charge is 0.259 e. The Morgan fingerprint density at radius 1 is 1.06 bits per heavy atom. The molecule has 0 saturated heterocycles. The zero-order valence-corrected chi connectivity index (χ0v) is 20.0. The van der Waals surface area contributed by atoms with Crippen LogP contribution >= 0.6 is 23.1 Å². The van der Waals surface area contributed by atoms with Gasteiger partial charge in [0, 0.05) is 16.8 Å². The highest BCUT2D eigenvalue weighted by Crippen LogP contribution is 2.40. The summed E-state index contributed by atoms with van der Waals surface area (Å²) in [6, 6.07) is 10.5. The van der Waals surface area contributed by atoms with Gasteiger partial charge in [0.25, 0.3) is 0 Å². The number of benzene rings is 1. The number of aryl methyl sites for hydroxylation is 1. The number of pyridine rings is 1. The average Bonchev–Trinajstić information content (AvgIpc) is 3.39. The highest BCUT2D eigenvalue weighted by atomic mass is 32.2. The van der Waals surface area contributed by atoms with Gasteiger partial charge in [-0.25, -0.2) is 9.97 Å². The number of aromatic nitrogens is 5. The Labute approximate surface area is 195 Å². The lowest BCUT2D eigenvalue weighted by Crippen LogP contribution is -2.11. The van der Waals surface area contributed by atoms with Gasteiger partial charge >= 0.3 is 0 Å². The fraction of sp³-hybridized carbons (Fsp3) is 0.360. The van der Waals surface area contributed by atoms with Crippen LogP contribution in [0.25, 0.3) is 26.1 Å². The summed E-state index contributed by atoms with van der Waals surface area (Å²) in [6.45, 7) is 4.56. The highest BCUT2D eigenvalue weighted by molar-refractivity contribution is 7.98. The first-order valence-corrected chi connectivity index (χ1v) is 13.1. The molecule has 0 bridgehead atoms. The van der Waals surface area contributed by atoms with Gasteiger partial charge in [-0.1, -0.05) is 55.9 Å². The monoisotopic (exact) mass is 459 g/mol. The van der Waals surface area contributed by atoms with Crippen molar-refractivity contribution in [3.63, 3.8) is 0 Å². The molecule has 5 nitrogen and oxygen atoms in total. The molecular formula is C25H25N5S2. The molecule has 4 heterocycles. The maximum atomic E-state index is 5.17. The third kappa shape index (κ3) is 3.39. The SMILES string of the molecule is CC(C)Cc1nc2sc3c(ncn4c(SCc5ccccc5)nnc34)c2c2c1CCCC2. The van der Waals surface area contributed by atoms with E-state index in [0.717, 1.165) is 50.9 Å². The Hall–Kier alpha value is -2.51. The van der Waals surface area contributed by atoms with Crippen LogP contribution < -0.4 is 0 Å². The van der Waals surface area contributed by atoms with Gasteiger partial charge in [-0.15, -0.1) is 21.5 Å². The van der Waals surface area contributed by atoms with Crippen LogP contribution in [-0.2, 0) is 25.0 Å². The molecule has 162 valence electrons. The molecule has 0 fully saturated rings. The number of nitrogens with zero attached hydrogens (tertiary/aromatic N) is 5. The van der Waals surface area contributed by atoms with Crippen LogP contribution in [0.1, 0.15) is 49.1 Å². The Kier molecular flexibility index (Phi) is 5.11. The maximum absolute atomic E-state index is 5.17. The van der Waals surface area contributed by atoms with Crippen molar-refractivity contribution in [1.29, 1.82) is 0 Å². The minimum absolute atomic E-state index is 0.603. The number of rotatable bonds is 5. The second-order valence-corrected chi connectivity index (χ2v) is 10.9. The molecule has 0 aliphatic heterocycles. The summed E-state index contributed by atoms with van der Waals surface area (Å²) in [4.78, 5) is 11.2. The van der Waals surface area contributed by atoms with Crippen molar-refractivity contribution in [2.24, 2.45) is 5.92 Å². The number of thiophene rings is 1. The summed E-state index contributed by atoms with van der Waals surface area (Å²) >= 11 is 3.42. The van der Waals surface area contributed by atoms with E-state index in [1.165, 1.54) is 40.6 Å². The van der Waals surface area contributed by atoms with Crippen LogP contribution in [-0.4, -0.2) is 24.6 Å². The van der Waals surface area contributed by atoms with Gasteiger partial charge in [0.15, 0.2) is 10.8 Å². The van der Waals surface area contributed by atoms with Gasteiger partial charge in [-0.2, -0.15) is 0 Å². The average molecular weight is 460 g/mol. The summed E-state index contributed by atoms with van der Waals surface area (Å²) in [6.07, 6.45) is 7.72. The van der Waals surface area contributed by atoms with Gasteiger partial charge in [0.1, 0.15) is 15.9 Å². The molecule has 1 aliphatic carbocycles. The van der Waals surface area contributed by atoms with Crippen LogP contribution in [0.4, 0.5) is 0 Å². The van der Waals surface area contributed by atoms with Gasteiger partial charge in [0.05, 0.1) is 5.52 Å². The van der Waals surface area contributed by atoms with Crippen LogP contribution in [0.5, 0.6) is 0 Å². The minimum Gasteiger partial charge on any atom is -0.259 e. The predicted octanol–water partition coefficient (Wildman–Crippen LogP) is 6.26. The molecule has 1 aromatic carbocycles. The number of hydrogen-bond acceptors (Lipinski definition) is 6. The van der Waals surface area contributed by atoms with Crippen molar-refractivity contribution in [2.45, 2.75) is 56.9 Å². The van der Waals surface area contributed by atoms with Gasteiger partial charge in [-0.3, -0.25) is 4.40 Å². The number of hydrogen-bond donors (Lipinski definition) is 0. The van der Waals surface area contributed by atoms with Gasteiger partial charge in [-0.05, 0) is 54.7 Å². The predicted molar refractivity (Wildman–Crippen MR) is 133 cm³/mol. The molecule has 0 N–H and O–H groups in total. The third-order valence-electron chi connectivity index (χ3n) is 6.20. The normalized spacial score (nSPS) is 14.1. The highest BCUT2D eigenvalue weighted by Gasteiger charge is 2.24. The standard InChI is InChI=1S/C25H25N5S2/c1-15(2)12-19-17-10-6-7-11-18(17)20-21-22(32-24(20)27-19)23-28-29-25(30(23)14-26-21)31-13-16-8-4-3-5-9-16/h3-5,8-9,14-15H,6-7,10-13H2,1-2H3. The smallest absolute Gasteiger partial charge is 0.197 e.